The lowest BCUT2D eigenvalue weighted by atomic mass is 9.84. The zero-order valence-corrected chi connectivity index (χ0v) is 11.1. The number of carboxylic acids is 1. The number of ether oxygens (including phenoxy) is 1. The van der Waals surface area contributed by atoms with Gasteiger partial charge >= 0.3 is 5.97 Å². The molecule has 2 heterocycles. The second-order valence-electron chi connectivity index (χ2n) is 6.49. The van der Waals surface area contributed by atoms with Gasteiger partial charge in [0.15, 0.2) is 0 Å². The van der Waals surface area contributed by atoms with E-state index in [4.69, 9.17) is 4.74 Å². The molecule has 2 aliphatic heterocycles. The minimum Gasteiger partial charge on any atom is -0.481 e. The highest BCUT2D eigenvalue weighted by Gasteiger charge is 2.53. The first-order chi connectivity index (χ1) is 8.28. The number of nitrogens with one attached hydrogen (secondary N) is 1. The predicted octanol–water partition coefficient (Wildman–Crippen LogP) is 1.17. The average Bonchev–Trinajstić information content (AvgIpc) is 2.73. The molecular weight excluding hydrogens is 234 g/mol. The molecule has 0 radical (unpaired) electrons. The maximum absolute atomic E-state index is 11.9. The van der Waals surface area contributed by atoms with Gasteiger partial charge < -0.3 is 15.2 Å². The van der Waals surface area contributed by atoms with Crippen molar-refractivity contribution in [1.82, 2.24) is 5.32 Å². The topological polar surface area (TPSA) is 75.6 Å². The van der Waals surface area contributed by atoms with Gasteiger partial charge in [-0.15, -0.1) is 0 Å². The zero-order valence-electron chi connectivity index (χ0n) is 11.1. The number of carboxylic acid groups (broad SMARTS) is 1. The molecule has 2 aliphatic rings. The Kier molecular flexibility index (Phi) is 3.36. The van der Waals surface area contributed by atoms with E-state index in [1.165, 1.54) is 0 Å². The molecule has 2 fully saturated rings. The Morgan fingerprint density at radius 3 is 2.44 bits per heavy atom. The number of amides is 1. The van der Waals surface area contributed by atoms with Crippen LogP contribution in [0.25, 0.3) is 0 Å². The molecule has 2 saturated heterocycles. The van der Waals surface area contributed by atoms with Gasteiger partial charge in [-0.05, 0) is 18.3 Å². The monoisotopic (exact) mass is 255 g/mol. The van der Waals surface area contributed by atoms with E-state index in [0.717, 1.165) is 12.8 Å². The Balaban J connectivity index is 2.00. The fraction of sp³-hybridized carbons (Fsp3) is 0.846. The van der Waals surface area contributed by atoms with Crippen LogP contribution in [0.1, 0.15) is 40.0 Å². The lowest BCUT2D eigenvalue weighted by molar-refractivity contribution is -0.144. The Bertz CT molecular complexity index is 360. The van der Waals surface area contributed by atoms with E-state index in [-0.39, 0.29) is 29.6 Å². The van der Waals surface area contributed by atoms with Gasteiger partial charge in [0.1, 0.15) is 5.92 Å². The van der Waals surface area contributed by atoms with Crippen LogP contribution in [0.5, 0.6) is 0 Å². The standard InChI is InChI=1S/C13H21NO4/c1-13(2,3)6-9(15)14-11-8-5-4-7(18-8)10(11)12(16)17/h7-8,10-11H,4-6H2,1-3H3,(H,14,15)(H,16,17)/t7-,8+,10+,11-/m0/s1. The molecule has 1 amide bonds. The number of hydrogen-bond acceptors (Lipinski definition) is 3. The molecule has 0 aliphatic carbocycles. The van der Waals surface area contributed by atoms with E-state index in [0.29, 0.717) is 6.42 Å². The van der Waals surface area contributed by atoms with Crippen LogP contribution < -0.4 is 5.32 Å². The highest BCUT2D eigenvalue weighted by Crippen LogP contribution is 2.39. The summed E-state index contributed by atoms with van der Waals surface area (Å²) in [6.45, 7) is 5.95. The maximum Gasteiger partial charge on any atom is 0.311 e. The van der Waals surface area contributed by atoms with Crippen molar-refractivity contribution >= 4 is 11.9 Å². The second-order valence-corrected chi connectivity index (χ2v) is 6.49. The minimum atomic E-state index is -0.872. The van der Waals surface area contributed by atoms with E-state index in [9.17, 15) is 14.7 Å². The summed E-state index contributed by atoms with van der Waals surface area (Å²) in [5.41, 5.74) is -0.0960. The van der Waals surface area contributed by atoms with E-state index < -0.39 is 11.9 Å². The quantitative estimate of drug-likeness (QED) is 0.793. The van der Waals surface area contributed by atoms with Crippen LogP contribution >= 0.6 is 0 Å². The van der Waals surface area contributed by atoms with Crippen molar-refractivity contribution in [3.05, 3.63) is 0 Å². The third-order valence-corrected chi connectivity index (χ3v) is 3.58. The fourth-order valence-corrected chi connectivity index (χ4v) is 2.89. The first-order valence-electron chi connectivity index (χ1n) is 6.45. The highest BCUT2D eigenvalue weighted by atomic mass is 16.5. The number of aliphatic carboxylic acids is 1. The molecule has 2 N–H and O–H groups in total. The first-order valence-corrected chi connectivity index (χ1v) is 6.45. The Hall–Kier alpha value is -1.10. The summed E-state index contributed by atoms with van der Waals surface area (Å²) in [7, 11) is 0. The van der Waals surface area contributed by atoms with E-state index in [2.05, 4.69) is 5.32 Å². The van der Waals surface area contributed by atoms with Crippen LogP contribution in [0.3, 0.4) is 0 Å². The van der Waals surface area contributed by atoms with Crippen molar-refractivity contribution in [2.24, 2.45) is 11.3 Å². The van der Waals surface area contributed by atoms with E-state index in [1.54, 1.807) is 0 Å². The number of rotatable bonds is 3. The molecule has 0 saturated carbocycles. The molecule has 5 heteroatoms. The molecule has 0 unspecified atom stereocenters. The van der Waals surface area contributed by atoms with Crippen molar-refractivity contribution in [2.45, 2.75) is 58.3 Å². The number of carbonyl (C=O) groups excluding carboxylic acids is 1. The molecule has 2 rings (SSSR count). The molecule has 0 spiro atoms. The van der Waals surface area contributed by atoms with Gasteiger partial charge in [-0.2, -0.15) is 0 Å². The highest BCUT2D eigenvalue weighted by molar-refractivity contribution is 5.79. The molecule has 0 aromatic carbocycles. The van der Waals surface area contributed by atoms with Gasteiger partial charge in [-0.25, -0.2) is 0 Å². The Morgan fingerprint density at radius 2 is 1.89 bits per heavy atom. The normalized spacial score (nSPS) is 34.6. The minimum absolute atomic E-state index is 0.0881. The summed E-state index contributed by atoms with van der Waals surface area (Å²) in [6, 6.07) is -0.365. The van der Waals surface area contributed by atoms with Gasteiger partial charge in [0, 0.05) is 6.42 Å². The third-order valence-electron chi connectivity index (χ3n) is 3.58. The fourth-order valence-electron chi connectivity index (χ4n) is 2.89. The second kappa shape index (κ2) is 4.53. The molecule has 5 nitrogen and oxygen atoms in total. The van der Waals surface area contributed by atoms with E-state index in [1.807, 2.05) is 20.8 Å². The average molecular weight is 255 g/mol. The van der Waals surface area contributed by atoms with Gasteiger partial charge in [0.2, 0.25) is 5.91 Å². The molecule has 2 bridgehead atoms. The largest absolute Gasteiger partial charge is 0.481 e. The Morgan fingerprint density at radius 1 is 1.28 bits per heavy atom. The molecule has 4 atom stereocenters. The summed E-state index contributed by atoms with van der Waals surface area (Å²) in [4.78, 5) is 23.1. The third kappa shape index (κ3) is 2.66. The summed E-state index contributed by atoms with van der Waals surface area (Å²) in [6.07, 6.45) is 1.67. The van der Waals surface area contributed by atoms with Gasteiger partial charge in [-0.3, -0.25) is 9.59 Å². The van der Waals surface area contributed by atoms with Crippen LogP contribution in [-0.4, -0.2) is 35.2 Å². The van der Waals surface area contributed by atoms with Gasteiger partial charge in [0.05, 0.1) is 18.2 Å². The van der Waals surface area contributed by atoms with Crippen molar-refractivity contribution in [1.29, 1.82) is 0 Å². The van der Waals surface area contributed by atoms with Gasteiger partial charge in [-0.1, -0.05) is 20.8 Å². The number of fused-ring (bicyclic) bond motifs is 2. The molecular formula is C13H21NO4. The van der Waals surface area contributed by atoms with Crippen molar-refractivity contribution in [3.8, 4) is 0 Å². The predicted molar refractivity (Wildman–Crippen MR) is 65.0 cm³/mol. The van der Waals surface area contributed by atoms with Crippen LogP contribution in [0.15, 0.2) is 0 Å². The molecule has 102 valence electrons. The van der Waals surface area contributed by atoms with Crippen molar-refractivity contribution < 1.29 is 19.4 Å². The smallest absolute Gasteiger partial charge is 0.311 e. The zero-order chi connectivity index (χ0) is 13.5. The SMILES string of the molecule is CC(C)(C)CC(=O)N[C@@H]1[C@H](C(=O)O)[C@@H]2CC[C@H]1O2. The maximum atomic E-state index is 11.9. The van der Waals surface area contributed by atoms with Crippen LogP contribution in [-0.2, 0) is 14.3 Å². The summed E-state index contributed by atoms with van der Waals surface area (Å²) >= 11 is 0. The van der Waals surface area contributed by atoms with Crippen LogP contribution in [0.4, 0.5) is 0 Å². The summed E-state index contributed by atoms with van der Waals surface area (Å²) in [5, 5.41) is 12.1. The van der Waals surface area contributed by atoms with E-state index >= 15 is 0 Å². The summed E-state index contributed by atoms with van der Waals surface area (Å²) < 4.78 is 5.59. The summed E-state index contributed by atoms with van der Waals surface area (Å²) in [5.74, 6) is -1.55. The molecule has 0 aromatic heterocycles. The van der Waals surface area contributed by atoms with Crippen LogP contribution in [0.2, 0.25) is 0 Å². The van der Waals surface area contributed by atoms with Crippen molar-refractivity contribution in [3.63, 3.8) is 0 Å². The van der Waals surface area contributed by atoms with Crippen LogP contribution in [0, 0.1) is 11.3 Å². The lowest BCUT2D eigenvalue weighted by Crippen LogP contribution is -2.50. The first kappa shape index (κ1) is 13.3. The Labute approximate surface area is 107 Å². The number of hydrogen-bond donors (Lipinski definition) is 2. The van der Waals surface area contributed by atoms with Crippen molar-refractivity contribution in [2.75, 3.05) is 0 Å². The number of carbonyl (C=O) groups is 2. The lowest BCUT2D eigenvalue weighted by Gasteiger charge is -2.27. The molecule has 0 aromatic rings. The molecule has 18 heavy (non-hydrogen) atoms. The van der Waals surface area contributed by atoms with Gasteiger partial charge in [0.25, 0.3) is 0 Å².